The first-order chi connectivity index (χ1) is 12.7. The molecule has 0 spiro atoms. The van der Waals surface area contributed by atoms with Gasteiger partial charge in [-0.3, -0.25) is 9.97 Å². The number of pyridine rings is 1. The molecular formula is C19H21FN6. The molecular weight excluding hydrogens is 331 g/mol. The highest BCUT2D eigenvalue weighted by Gasteiger charge is 2.19. The molecule has 3 aromatic rings. The summed E-state index contributed by atoms with van der Waals surface area (Å²) in [4.78, 5) is 14.7. The summed E-state index contributed by atoms with van der Waals surface area (Å²) in [6, 6.07) is 5.75. The Morgan fingerprint density at radius 2 is 2.08 bits per heavy atom. The molecule has 1 aliphatic rings. The fourth-order valence-electron chi connectivity index (χ4n) is 3.32. The molecule has 0 radical (unpaired) electrons. The Kier molecular flexibility index (Phi) is 4.62. The Morgan fingerprint density at radius 3 is 2.92 bits per heavy atom. The lowest BCUT2D eigenvalue weighted by Gasteiger charge is -2.18. The average Bonchev–Trinajstić information content (AvgIpc) is 3.06. The van der Waals surface area contributed by atoms with Crippen molar-refractivity contribution < 1.29 is 4.39 Å². The highest BCUT2D eigenvalue weighted by atomic mass is 19.1. The Balaban J connectivity index is 1.50. The molecule has 0 bridgehead atoms. The van der Waals surface area contributed by atoms with E-state index in [9.17, 15) is 4.39 Å². The van der Waals surface area contributed by atoms with E-state index in [2.05, 4.69) is 37.5 Å². The fraction of sp³-hybridized carbons (Fsp3) is 0.316. The number of halogens is 1. The maximum absolute atomic E-state index is 14.2. The number of likely N-dealkylation sites (tertiary alicyclic amines) is 1. The van der Waals surface area contributed by atoms with Gasteiger partial charge in [-0.15, -0.1) is 0 Å². The zero-order valence-electron chi connectivity index (χ0n) is 14.6. The molecule has 2 aromatic heterocycles. The summed E-state index contributed by atoms with van der Waals surface area (Å²) in [6.07, 6.45) is 7.75. The van der Waals surface area contributed by atoms with E-state index in [0.717, 1.165) is 36.4 Å². The fourth-order valence-corrected chi connectivity index (χ4v) is 3.32. The van der Waals surface area contributed by atoms with Gasteiger partial charge in [0.1, 0.15) is 5.52 Å². The van der Waals surface area contributed by atoms with Crippen molar-refractivity contribution in [3.8, 4) is 0 Å². The number of hydrogen-bond acceptors (Lipinski definition) is 6. The summed E-state index contributed by atoms with van der Waals surface area (Å²) in [5.74, 6) is -0.356. The number of rotatable bonds is 5. The van der Waals surface area contributed by atoms with Crippen LogP contribution in [-0.4, -0.2) is 46.0 Å². The molecule has 2 N–H and O–H groups in total. The molecule has 1 aliphatic heterocycles. The number of aromatic nitrogens is 3. The van der Waals surface area contributed by atoms with Gasteiger partial charge in [-0.25, -0.2) is 9.37 Å². The molecule has 6 nitrogen and oxygen atoms in total. The molecule has 1 saturated heterocycles. The topological polar surface area (TPSA) is 66.0 Å². The van der Waals surface area contributed by atoms with Crippen LogP contribution >= 0.6 is 0 Å². The van der Waals surface area contributed by atoms with Gasteiger partial charge in [-0.05, 0) is 43.8 Å². The highest BCUT2D eigenvalue weighted by molar-refractivity contribution is 5.75. The molecule has 0 aliphatic carbocycles. The van der Waals surface area contributed by atoms with Crippen LogP contribution in [0.5, 0.6) is 0 Å². The minimum Gasteiger partial charge on any atom is -0.379 e. The Hall–Kier alpha value is -2.80. The average molecular weight is 352 g/mol. The molecule has 1 fully saturated rings. The van der Waals surface area contributed by atoms with Crippen LogP contribution in [0.25, 0.3) is 11.0 Å². The van der Waals surface area contributed by atoms with E-state index >= 15 is 0 Å². The quantitative estimate of drug-likeness (QED) is 0.736. The van der Waals surface area contributed by atoms with Gasteiger partial charge in [-0.2, -0.15) is 0 Å². The standard InChI is InChI=1S/C19H21FN6/c1-26-7-3-14(12-26)25-16-2-4-21-11-18(16)24-10-13-8-15(20)19-17(9-13)22-5-6-23-19/h2,4-6,8-9,11,14,24H,3,7,10,12H2,1H3,(H,21,25). The molecule has 0 saturated carbocycles. The van der Waals surface area contributed by atoms with Crippen LogP contribution in [0.3, 0.4) is 0 Å². The summed E-state index contributed by atoms with van der Waals surface area (Å²) >= 11 is 0. The van der Waals surface area contributed by atoms with Crippen molar-refractivity contribution in [3.63, 3.8) is 0 Å². The normalized spacial score (nSPS) is 17.5. The van der Waals surface area contributed by atoms with Gasteiger partial charge in [0, 0.05) is 37.7 Å². The van der Waals surface area contributed by atoms with Crippen LogP contribution in [0.2, 0.25) is 0 Å². The van der Waals surface area contributed by atoms with E-state index in [4.69, 9.17) is 0 Å². The second-order valence-electron chi connectivity index (χ2n) is 6.67. The van der Waals surface area contributed by atoms with Gasteiger partial charge < -0.3 is 15.5 Å². The van der Waals surface area contributed by atoms with E-state index in [1.165, 1.54) is 12.3 Å². The van der Waals surface area contributed by atoms with E-state index in [1.54, 1.807) is 18.6 Å². The van der Waals surface area contributed by atoms with Crippen molar-refractivity contribution in [2.75, 3.05) is 30.8 Å². The Bertz CT molecular complexity index is 915. The van der Waals surface area contributed by atoms with Gasteiger partial charge in [-0.1, -0.05) is 0 Å². The first-order valence-corrected chi connectivity index (χ1v) is 8.71. The zero-order chi connectivity index (χ0) is 17.9. The molecule has 1 aromatic carbocycles. The smallest absolute Gasteiger partial charge is 0.151 e. The predicted molar refractivity (Wildman–Crippen MR) is 101 cm³/mol. The first-order valence-electron chi connectivity index (χ1n) is 8.71. The van der Waals surface area contributed by atoms with E-state index in [-0.39, 0.29) is 5.82 Å². The summed E-state index contributed by atoms with van der Waals surface area (Å²) in [5.41, 5.74) is 3.59. The maximum atomic E-state index is 14.2. The van der Waals surface area contributed by atoms with Gasteiger partial charge >= 0.3 is 0 Å². The zero-order valence-corrected chi connectivity index (χ0v) is 14.6. The minimum absolute atomic E-state index is 0.297. The largest absolute Gasteiger partial charge is 0.379 e. The van der Waals surface area contributed by atoms with Crippen molar-refractivity contribution in [1.29, 1.82) is 0 Å². The number of benzene rings is 1. The van der Waals surface area contributed by atoms with Gasteiger partial charge in [0.2, 0.25) is 0 Å². The third kappa shape index (κ3) is 3.57. The van der Waals surface area contributed by atoms with Crippen molar-refractivity contribution in [2.45, 2.75) is 19.0 Å². The first kappa shape index (κ1) is 16.7. The van der Waals surface area contributed by atoms with Crippen LogP contribution in [0.15, 0.2) is 43.0 Å². The highest BCUT2D eigenvalue weighted by Crippen LogP contribution is 2.24. The van der Waals surface area contributed by atoms with E-state index < -0.39 is 0 Å². The molecule has 26 heavy (non-hydrogen) atoms. The van der Waals surface area contributed by atoms with Crippen molar-refractivity contribution in [3.05, 3.63) is 54.4 Å². The third-order valence-corrected chi connectivity index (χ3v) is 4.64. The van der Waals surface area contributed by atoms with E-state index in [1.807, 2.05) is 12.1 Å². The molecule has 3 heterocycles. The number of fused-ring (bicyclic) bond motifs is 1. The molecule has 7 heteroatoms. The van der Waals surface area contributed by atoms with Crippen molar-refractivity contribution in [2.24, 2.45) is 0 Å². The monoisotopic (exact) mass is 352 g/mol. The van der Waals surface area contributed by atoms with Gasteiger partial charge in [0.05, 0.1) is 23.1 Å². The SMILES string of the molecule is CN1CCC(Nc2ccncc2NCc2cc(F)c3nccnc3c2)C1. The van der Waals surface area contributed by atoms with E-state index in [0.29, 0.717) is 23.6 Å². The molecule has 134 valence electrons. The van der Waals surface area contributed by atoms with Crippen LogP contribution in [0.1, 0.15) is 12.0 Å². The third-order valence-electron chi connectivity index (χ3n) is 4.64. The number of nitrogens with zero attached hydrogens (tertiary/aromatic N) is 4. The summed E-state index contributed by atoms with van der Waals surface area (Å²) in [7, 11) is 2.13. The lowest BCUT2D eigenvalue weighted by atomic mass is 10.1. The van der Waals surface area contributed by atoms with Crippen molar-refractivity contribution in [1.82, 2.24) is 19.9 Å². The van der Waals surface area contributed by atoms with Crippen LogP contribution in [0.4, 0.5) is 15.8 Å². The van der Waals surface area contributed by atoms with Crippen LogP contribution in [-0.2, 0) is 6.54 Å². The summed E-state index contributed by atoms with van der Waals surface area (Å²) in [6.45, 7) is 2.60. The summed E-state index contributed by atoms with van der Waals surface area (Å²) in [5, 5.41) is 6.93. The predicted octanol–water partition coefficient (Wildman–Crippen LogP) is 2.89. The van der Waals surface area contributed by atoms with Gasteiger partial charge in [0.25, 0.3) is 0 Å². The second kappa shape index (κ2) is 7.21. The number of likely N-dealkylation sites (N-methyl/N-ethyl adjacent to an activating group) is 1. The summed E-state index contributed by atoms with van der Waals surface area (Å²) < 4.78 is 14.2. The van der Waals surface area contributed by atoms with Crippen molar-refractivity contribution >= 4 is 22.4 Å². The minimum atomic E-state index is -0.356. The number of anilines is 2. The molecule has 1 atom stereocenters. The lowest BCUT2D eigenvalue weighted by molar-refractivity contribution is 0.414. The van der Waals surface area contributed by atoms with Gasteiger partial charge in [0.15, 0.2) is 5.82 Å². The Labute approximate surface area is 151 Å². The number of hydrogen-bond donors (Lipinski definition) is 2. The molecule has 1 unspecified atom stereocenters. The maximum Gasteiger partial charge on any atom is 0.151 e. The molecule has 4 rings (SSSR count). The number of nitrogens with one attached hydrogen (secondary N) is 2. The Morgan fingerprint density at radius 1 is 1.19 bits per heavy atom. The lowest BCUT2D eigenvalue weighted by Crippen LogP contribution is -2.24. The van der Waals surface area contributed by atoms with Crippen LogP contribution in [0, 0.1) is 5.82 Å². The molecule has 0 amide bonds. The van der Waals surface area contributed by atoms with Crippen LogP contribution < -0.4 is 10.6 Å². The second-order valence-corrected chi connectivity index (χ2v) is 6.67.